The zero-order chi connectivity index (χ0) is 17.1. The van der Waals surface area contributed by atoms with Crippen molar-refractivity contribution in [3.8, 4) is 11.5 Å². The van der Waals surface area contributed by atoms with Crippen LogP contribution in [-0.2, 0) is 4.79 Å². The molecule has 1 aliphatic heterocycles. The molecule has 7 heteroatoms. The molecule has 1 atom stereocenters. The van der Waals surface area contributed by atoms with Gasteiger partial charge < -0.3 is 25.8 Å². The summed E-state index contributed by atoms with van der Waals surface area (Å²) in [6.07, 6.45) is 0. The summed E-state index contributed by atoms with van der Waals surface area (Å²) < 4.78 is 10.6. The predicted octanol–water partition coefficient (Wildman–Crippen LogP) is 1.95. The number of carbonyl (C=O) groups is 2. The number of primary amides is 1. The number of hydrogen-bond acceptors (Lipinski definition) is 5. The van der Waals surface area contributed by atoms with Crippen molar-refractivity contribution in [1.29, 1.82) is 0 Å². The topological polar surface area (TPSA) is 103 Å². The van der Waals surface area contributed by atoms with Crippen LogP contribution in [0.3, 0.4) is 0 Å². The number of fused-ring (bicyclic) bond motifs is 1. The first-order valence-electron chi connectivity index (χ1n) is 7.40. The maximum absolute atomic E-state index is 12.2. The highest BCUT2D eigenvalue weighted by atomic mass is 16.7. The Hall–Kier alpha value is -3.22. The number of ether oxygens (including phenoxy) is 2. The summed E-state index contributed by atoms with van der Waals surface area (Å²) in [4.78, 5) is 23.3. The molecule has 0 fully saturated rings. The minimum absolute atomic E-state index is 0.204. The minimum atomic E-state index is -0.509. The Morgan fingerprint density at radius 3 is 2.42 bits per heavy atom. The number of nitrogens with one attached hydrogen (secondary N) is 2. The first-order chi connectivity index (χ1) is 11.5. The molecule has 4 N–H and O–H groups in total. The summed E-state index contributed by atoms with van der Waals surface area (Å²) in [7, 11) is 0. The Balaban J connectivity index is 1.61. The van der Waals surface area contributed by atoms with Crippen molar-refractivity contribution in [2.75, 3.05) is 17.4 Å². The van der Waals surface area contributed by atoms with Gasteiger partial charge in [0.25, 0.3) is 0 Å². The first-order valence-corrected chi connectivity index (χ1v) is 7.40. The number of anilines is 2. The molecule has 0 bridgehead atoms. The standard InChI is InChI=1S/C17H17N3O4/c1-10(19-13-6-7-14-15(8-13)24-9-23-14)17(22)20-12-4-2-11(3-5-12)16(18)21/h2-8,10,19H,9H2,1H3,(H2,18,21)(H,20,22)/t10-/m0/s1. The largest absolute Gasteiger partial charge is 0.454 e. The SMILES string of the molecule is C[C@H](Nc1ccc2c(c1)OCO2)C(=O)Nc1ccc(C(N)=O)cc1. The zero-order valence-electron chi connectivity index (χ0n) is 13.0. The molecule has 24 heavy (non-hydrogen) atoms. The van der Waals surface area contributed by atoms with Crippen LogP contribution in [-0.4, -0.2) is 24.6 Å². The molecule has 0 spiro atoms. The first kappa shape index (κ1) is 15.7. The second-order valence-corrected chi connectivity index (χ2v) is 5.36. The smallest absolute Gasteiger partial charge is 0.248 e. The highest BCUT2D eigenvalue weighted by molar-refractivity contribution is 5.97. The molecule has 0 saturated heterocycles. The number of amides is 2. The van der Waals surface area contributed by atoms with Gasteiger partial charge in [0.1, 0.15) is 6.04 Å². The number of rotatable bonds is 5. The molecule has 1 aliphatic rings. The summed E-state index contributed by atoms with van der Waals surface area (Å²) in [5.41, 5.74) is 6.91. The fraction of sp³-hybridized carbons (Fsp3) is 0.176. The highest BCUT2D eigenvalue weighted by Gasteiger charge is 2.17. The zero-order valence-corrected chi connectivity index (χ0v) is 13.0. The van der Waals surface area contributed by atoms with Gasteiger partial charge in [-0.1, -0.05) is 0 Å². The lowest BCUT2D eigenvalue weighted by Crippen LogP contribution is -2.31. The van der Waals surface area contributed by atoms with E-state index in [9.17, 15) is 9.59 Å². The van der Waals surface area contributed by atoms with Gasteiger partial charge in [-0.3, -0.25) is 9.59 Å². The van der Waals surface area contributed by atoms with Crippen molar-refractivity contribution in [1.82, 2.24) is 0 Å². The highest BCUT2D eigenvalue weighted by Crippen LogP contribution is 2.34. The van der Waals surface area contributed by atoms with Crippen LogP contribution in [0.2, 0.25) is 0 Å². The molecular formula is C17H17N3O4. The fourth-order valence-electron chi connectivity index (χ4n) is 2.27. The summed E-state index contributed by atoms with van der Waals surface area (Å²) >= 11 is 0. The van der Waals surface area contributed by atoms with Gasteiger partial charge in [0.05, 0.1) is 0 Å². The second-order valence-electron chi connectivity index (χ2n) is 5.36. The molecule has 0 aromatic heterocycles. The van der Waals surface area contributed by atoms with E-state index in [1.165, 1.54) is 0 Å². The number of hydrogen-bond donors (Lipinski definition) is 3. The lowest BCUT2D eigenvalue weighted by molar-refractivity contribution is -0.116. The minimum Gasteiger partial charge on any atom is -0.454 e. The molecule has 0 saturated carbocycles. The van der Waals surface area contributed by atoms with Gasteiger partial charge in [-0.25, -0.2) is 0 Å². The lowest BCUT2D eigenvalue weighted by atomic mass is 10.2. The van der Waals surface area contributed by atoms with Crippen LogP contribution < -0.4 is 25.8 Å². The summed E-state index contributed by atoms with van der Waals surface area (Å²) in [6.45, 7) is 1.95. The van der Waals surface area contributed by atoms with E-state index in [2.05, 4.69) is 10.6 Å². The van der Waals surface area contributed by atoms with E-state index in [1.54, 1.807) is 43.3 Å². The molecule has 1 heterocycles. The number of nitrogens with two attached hydrogens (primary N) is 1. The van der Waals surface area contributed by atoms with Crippen LogP contribution in [0.4, 0.5) is 11.4 Å². The Morgan fingerprint density at radius 2 is 1.71 bits per heavy atom. The van der Waals surface area contributed by atoms with Crippen molar-refractivity contribution in [3.63, 3.8) is 0 Å². The van der Waals surface area contributed by atoms with Crippen molar-refractivity contribution in [3.05, 3.63) is 48.0 Å². The van der Waals surface area contributed by atoms with E-state index < -0.39 is 11.9 Å². The molecule has 0 radical (unpaired) electrons. The van der Waals surface area contributed by atoms with Crippen LogP contribution in [0.1, 0.15) is 17.3 Å². The Bertz CT molecular complexity index is 774. The Labute approximate surface area is 138 Å². The van der Waals surface area contributed by atoms with E-state index in [0.717, 1.165) is 5.69 Å². The van der Waals surface area contributed by atoms with Gasteiger partial charge in [0, 0.05) is 23.0 Å². The predicted molar refractivity (Wildman–Crippen MR) is 89.2 cm³/mol. The van der Waals surface area contributed by atoms with E-state index in [4.69, 9.17) is 15.2 Å². The molecule has 3 rings (SSSR count). The summed E-state index contributed by atoms with van der Waals surface area (Å²) in [5, 5.41) is 5.87. The fourth-order valence-corrected chi connectivity index (χ4v) is 2.27. The molecule has 7 nitrogen and oxygen atoms in total. The Morgan fingerprint density at radius 1 is 1.04 bits per heavy atom. The average molecular weight is 327 g/mol. The third-order valence-corrected chi connectivity index (χ3v) is 3.59. The summed E-state index contributed by atoms with van der Waals surface area (Å²) in [5.74, 6) is 0.618. The maximum atomic E-state index is 12.2. The second kappa shape index (κ2) is 6.49. The summed E-state index contributed by atoms with van der Waals surface area (Å²) in [6, 6.07) is 11.3. The Kier molecular flexibility index (Phi) is 4.24. The van der Waals surface area contributed by atoms with E-state index >= 15 is 0 Å². The average Bonchev–Trinajstić information content (AvgIpc) is 3.03. The van der Waals surface area contributed by atoms with E-state index in [1.807, 2.05) is 6.07 Å². The van der Waals surface area contributed by atoms with Gasteiger partial charge in [-0.05, 0) is 43.3 Å². The molecule has 2 aromatic carbocycles. The maximum Gasteiger partial charge on any atom is 0.248 e. The number of carbonyl (C=O) groups excluding carboxylic acids is 2. The molecule has 124 valence electrons. The normalized spacial score (nSPS) is 13.2. The van der Waals surface area contributed by atoms with Gasteiger partial charge >= 0.3 is 0 Å². The van der Waals surface area contributed by atoms with Crippen LogP contribution in [0.15, 0.2) is 42.5 Å². The van der Waals surface area contributed by atoms with Crippen molar-refractivity contribution >= 4 is 23.2 Å². The molecular weight excluding hydrogens is 310 g/mol. The lowest BCUT2D eigenvalue weighted by Gasteiger charge is -2.15. The quantitative estimate of drug-likeness (QED) is 0.779. The number of benzene rings is 2. The van der Waals surface area contributed by atoms with Crippen LogP contribution in [0.5, 0.6) is 11.5 Å². The van der Waals surface area contributed by atoms with Crippen LogP contribution in [0, 0.1) is 0 Å². The molecule has 2 amide bonds. The van der Waals surface area contributed by atoms with Crippen LogP contribution in [0.25, 0.3) is 0 Å². The molecule has 2 aromatic rings. The van der Waals surface area contributed by atoms with Gasteiger partial charge in [-0.2, -0.15) is 0 Å². The van der Waals surface area contributed by atoms with Crippen molar-refractivity contribution in [2.24, 2.45) is 5.73 Å². The van der Waals surface area contributed by atoms with Gasteiger partial charge in [0.2, 0.25) is 18.6 Å². The van der Waals surface area contributed by atoms with Gasteiger partial charge in [-0.15, -0.1) is 0 Å². The third-order valence-electron chi connectivity index (χ3n) is 3.59. The van der Waals surface area contributed by atoms with Crippen molar-refractivity contribution in [2.45, 2.75) is 13.0 Å². The molecule has 0 unspecified atom stereocenters. The molecule has 0 aliphatic carbocycles. The van der Waals surface area contributed by atoms with Crippen LogP contribution >= 0.6 is 0 Å². The van der Waals surface area contributed by atoms with Gasteiger partial charge in [0.15, 0.2) is 11.5 Å². The monoisotopic (exact) mass is 327 g/mol. The van der Waals surface area contributed by atoms with Crippen molar-refractivity contribution < 1.29 is 19.1 Å². The third kappa shape index (κ3) is 3.40. The van der Waals surface area contributed by atoms with E-state index in [0.29, 0.717) is 22.7 Å². The van der Waals surface area contributed by atoms with E-state index in [-0.39, 0.29) is 12.7 Å².